The first-order chi connectivity index (χ1) is 6.66. The molecule has 0 aliphatic rings. The second-order valence-electron chi connectivity index (χ2n) is 2.80. The summed E-state index contributed by atoms with van der Waals surface area (Å²) in [6.45, 7) is 0. The zero-order valence-corrected chi connectivity index (χ0v) is 7.35. The molecule has 1 rings (SSSR count). The highest BCUT2D eigenvalue weighted by molar-refractivity contribution is 6.01. The minimum Gasteiger partial charge on any atom is -0.287 e. The van der Waals surface area contributed by atoms with Crippen molar-refractivity contribution >= 4 is 5.78 Å². The van der Waals surface area contributed by atoms with E-state index in [4.69, 9.17) is 0 Å². The first-order valence-corrected chi connectivity index (χ1v) is 3.64. The third-order valence-corrected chi connectivity index (χ3v) is 1.61. The van der Waals surface area contributed by atoms with Crippen LogP contribution in [0.5, 0.6) is 0 Å². The highest BCUT2D eigenvalue weighted by atomic mass is 19.4. The lowest BCUT2D eigenvalue weighted by Crippen LogP contribution is -2.43. The molecule has 3 nitrogen and oxygen atoms in total. The van der Waals surface area contributed by atoms with Gasteiger partial charge in [0, 0.05) is 13.2 Å². The number of aromatic nitrogens is 2. The van der Waals surface area contributed by atoms with Crippen molar-refractivity contribution in [1.82, 2.24) is 9.78 Å². The summed E-state index contributed by atoms with van der Waals surface area (Å²) >= 11 is 0. The molecule has 0 atom stereocenters. The summed E-state index contributed by atoms with van der Waals surface area (Å²) in [6.07, 6.45) is -4.44. The van der Waals surface area contributed by atoms with Crippen LogP contribution in [0, 0.1) is 0 Å². The van der Waals surface area contributed by atoms with Gasteiger partial charge in [-0.2, -0.15) is 27.1 Å². The topological polar surface area (TPSA) is 34.9 Å². The van der Waals surface area contributed by atoms with Crippen molar-refractivity contribution in [3.05, 3.63) is 18.0 Å². The predicted octanol–water partition coefficient (Wildman–Crippen LogP) is 1.80. The fourth-order valence-corrected chi connectivity index (χ4v) is 0.848. The maximum Gasteiger partial charge on any atom is 0.461 e. The Balaban J connectivity index is 3.05. The van der Waals surface area contributed by atoms with E-state index < -0.39 is 23.4 Å². The van der Waals surface area contributed by atoms with Gasteiger partial charge in [0.15, 0.2) is 0 Å². The van der Waals surface area contributed by atoms with Crippen molar-refractivity contribution in [2.45, 2.75) is 12.1 Å². The molecule has 1 heterocycles. The number of carbonyl (C=O) groups excluding carboxylic acids is 1. The lowest BCUT2D eigenvalue weighted by molar-refractivity contribution is -0.255. The van der Waals surface area contributed by atoms with Crippen LogP contribution in [-0.2, 0) is 7.05 Å². The standard InChI is InChI=1S/C7H5F5N2O/c1-14-3-4(2-13-14)5(15)6(8,9)7(10,11)12/h2-3H,1H3. The molecule has 84 valence electrons. The molecule has 0 saturated carbocycles. The van der Waals surface area contributed by atoms with Gasteiger partial charge >= 0.3 is 12.1 Å². The number of Topliss-reactive ketones (excluding diaryl/α,β-unsaturated/α-hetero) is 1. The second-order valence-corrected chi connectivity index (χ2v) is 2.80. The Morgan fingerprint density at radius 2 is 1.87 bits per heavy atom. The van der Waals surface area contributed by atoms with Crippen molar-refractivity contribution in [2.75, 3.05) is 0 Å². The van der Waals surface area contributed by atoms with Crippen LogP contribution >= 0.6 is 0 Å². The Hall–Kier alpha value is -1.47. The summed E-state index contributed by atoms with van der Waals surface area (Å²) in [5.41, 5.74) is -0.778. The molecule has 0 radical (unpaired) electrons. The molecule has 0 unspecified atom stereocenters. The smallest absolute Gasteiger partial charge is 0.287 e. The zero-order valence-electron chi connectivity index (χ0n) is 7.35. The van der Waals surface area contributed by atoms with Gasteiger partial charge in [-0.25, -0.2) is 0 Å². The van der Waals surface area contributed by atoms with E-state index in [1.807, 2.05) is 0 Å². The molecule has 0 bridgehead atoms. The van der Waals surface area contributed by atoms with E-state index >= 15 is 0 Å². The van der Waals surface area contributed by atoms with Crippen LogP contribution in [0.25, 0.3) is 0 Å². The maximum absolute atomic E-state index is 12.5. The van der Waals surface area contributed by atoms with Gasteiger partial charge in [-0.15, -0.1) is 0 Å². The lowest BCUT2D eigenvalue weighted by Gasteiger charge is -2.16. The number of nitrogens with zero attached hydrogens (tertiary/aromatic N) is 2. The minimum absolute atomic E-state index is 0.655. The van der Waals surface area contributed by atoms with Crippen LogP contribution in [-0.4, -0.2) is 27.7 Å². The quantitative estimate of drug-likeness (QED) is 0.571. The van der Waals surface area contributed by atoms with Gasteiger partial charge in [0.25, 0.3) is 0 Å². The van der Waals surface area contributed by atoms with Gasteiger partial charge in [-0.3, -0.25) is 9.48 Å². The maximum atomic E-state index is 12.5. The van der Waals surface area contributed by atoms with Crippen LogP contribution in [0.15, 0.2) is 12.4 Å². The number of halogens is 5. The van der Waals surface area contributed by atoms with Gasteiger partial charge in [0.1, 0.15) is 0 Å². The summed E-state index contributed by atoms with van der Waals surface area (Å²) in [5, 5.41) is 3.33. The number of hydrogen-bond acceptors (Lipinski definition) is 2. The molecular weight excluding hydrogens is 223 g/mol. The Morgan fingerprint density at radius 1 is 1.33 bits per heavy atom. The zero-order chi connectivity index (χ0) is 11.9. The van der Waals surface area contributed by atoms with Crippen molar-refractivity contribution < 1.29 is 26.7 Å². The first-order valence-electron chi connectivity index (χ1n) is 3.64. The molecule has 0 N–H and O–H groups in total. The van der Waals surface area contributed by atoms with Crippen molar-refractivity contribution in [3.8, 4) is 0 Å². The molecule has 15 heavy (non-hydrogen) atoms. The Bertz CT molecular complexity index is 381. The van der Waals surface area contributed by atoms with E-state index in [1.165, 1.54) is 7.05 Å². The van der Waals surface area contributed by atoms with Gasteiger partial charge in [-0.05, 0) is 0 Å². The Kier molecular flexibility index (Phi) is 2.54. The summed E-state index contributed by atoms with van der Waals surface area (Å²) in [6, 6.07) is 0. The van der Waals surface area contributed by atoms with Gasteiger partial charge < -0.3 is 0 Å². The lowest BCUT2D eigenvalue weighted by atomic mass is 10.1. The van der Waals surface area contributed by atoms with Gasteiger partial charge in [-0.1, -0.05) is 0 Å². The monoisotopic (exact) mass is 228 g/mol. The molecule has 1 aromatic heterocycles. The predicted molar refractivity (Wildman–Crippen MR) is 38.5 cm³/mol. The molecule has 0 spiro atoms. The molecule has 1 aromatic rings. The number of carbonyl (C=O) groups is 1. The second kappa shape index (κ2) is 3.28. The van der Waals surface area contributed by atoms with Crippen LogP contribution in [0.4, 0.5) is 22.0 Å². The average molecular weight is 228 g/mol. The van der Waals surface area contributed by atoms with Crippen molar-refractivity contribution in [2.24, 2.45) is 7.05 Å². The van der Waals surface area contributed by atoms with Crippen molar-refractivity contribution in [3.63, 3.8) is 0 Å². The van der Waals surface area contributed by atoms with E-state index in [0.29, 0.717) is 6.20 Å². The number of aryl methyl sites for hydroxylation is 1. The molecule has 0 saturated heterocycles. The third kappa shape index (κ3) is 1.97. The van der Waals surface area contributed by atoms with Crippen LogP contribution in [0.1, 0.15) is 10.4 Å². The SMILES string of the molecule is Cn1cc(C(=O)C(F)(F)C(F)(F)F)cn1. The summed E-state index contributed by atoms with van der Waals surface area (Å²) in [5.74, 6) is -7.68. The van der Waals surface area contributed by atoms with E-state index in [2.05, 4.69) is 5.10 Å². The number of ketones is 1. The fraction of sp³-hybridized carbons (Fsp3) is 0.429. The number of rotatable bonds is 2. The molecule has 0 aromatic carbocycles. The van der Waals surface area contributed by atoms with E-state index in [-0.39, 0.29) is 0 Å². The van der Waals surface area contributed by atoms with Crippen LogP contribution in [0.2, 0.25) is 0 Å². The molecule has 0 aliphatic heterocycles. The van der Waals surface area contributed by atoms with Crippen LogP contribution < -0.4 is 0 Å². The molecule has 0 fully saturated rings. The fourth-order valence-electron chi connectivity index (χ4n) is 0.848. The average Bonchev–Trinajstić information content (AvgIpc) is 2.48. The third-order valence-electron chi connectivity index (χ3n) is 1.61. The first kappa shape index (κ1) is 11.6. The summed E-state index contributed by atoms with van der Waals surface area (Å²) in [7, 11) is 1.29. The van der Waals surface area contributed by atoms with E-state index in [9.17, 15) is 26.7 Å². The van der Waals surface area contributed by atoms with Gasteiger partial charge in [0.2, 0.25) is 5.78 Å². The van der Waals surface area contributed by atoms with E-state index in [1.54, 1.807) is 0 Å². The Morgan fingerprint density at radius 3 is 2.20 bits per heavy atom. The normalized spacial score (nSPS) is 12.9. The largest absolute Gasteiger partial charge is 0.461 e. The van der Waals surface area contributed by atoms with E-state index in [0.717, 1.165) is 10.9 Å². The van der Waals surface area contributed by atoms with Gasteiger partial charge in [0.05, 0.1) is 11.8 Å². The molecule has 0 amide bonds. The Labute approximate surface area is 80.5 Å². The number of hydrogen-bond donors (Lipinski definition) is 0. The minimum atomic E-state index is -5.89. The highest BCUT2D eigenvalue weighted by Crippen LogP contribution is 2.37. The summed E-state index contributed by atoms with van der Waals surface area (Å²) in [4.78, 5) is 10.8. The van der Waals surface area contributed by atoms with Crippen LogP contribution in [0.3, 0.4) is 0 Å². The molecule has 0 aliphatic carbocycles. The molecule has 8 heteroatoms. The number of alkyl halides is 5. The molecular formula is C7H5F5N2O. The highest BCUT2D eigenvalue weighted by Gasteiger charge is 2.63. The summed E-state index contributed by atoms with van der Waals surface area (Å²) < 4.78 is 61.3. The van der Waals surface area contributed by atoms with Crippen molar-refractivity contribution in [1.29, 1.82) is 0 Å².